The van der Waals surface area contributed by atoms with E-state index in [0.717, 1.165) is 31.9 Å². The lowest BCUT2D eigenvalue weighted by Gasteiger charge is -2.43. The summed E-state index contributed by atoms with van der Waals surface area (Å²) < 4.78 is 6.24. The fourth-order valence-electron chi connectivity index (χ4n) is 3.64. The van der Waals surface area contributed by atoms with E-state index in [1.54, 1.807) is 0 Å². The molecule has 1 aliphatic rings. The van der Waals surface area contributed by atoms with Crippen LogP contribution in [0.25, 0.3) is 0 Å². The molecule has 1 atom stereocenters. The molecule has 1 N–H and O–H groups in total. The Morgan fingerprint density at radius 1 is 1.11 bits per heavy atom. The standard InChI is InChI=1S/C16H33NO/c1-5-13-17-15(14-11-9-10-12-14)16(6-2,7-3)18-8-4/h14-15,17H,5-13H2,1-4H3. The normalized spacial score (nSPS) is 19.3. The van der Waals surface area contributed by atoms with Crippen molar-refractivity contribution in [2.45, 2.75) is 84.3 Å². The zero-order valence-electron chi connectivity index (χ0n) is 12.9. The maximum absolute atomic E-state index is 6.24. The lowest BCUT2D eigenvalue weighted by Crippen LogP contribution is -2.55. The van der Waals surface area contributed by atoms with Crippen LogP contribution < -0.4 is 5.32 Å². The number of hydrogen-bond acceptors (Lipinski definition) is 2. The van der Waals surface area contributed by atoms with E-state index in [0.29, 0.717) is 6.04 Å². The minimum absolute atomic E-state index is 0.0545. The second-order valence-corrected chi connectivity index (χ2v) is 5.68. The monoisotopic (exact) mass is 255 g/mol. The van der Waals surface area contributed by atoms with Gasteiger partial charge in [0.25, 0.3) is 0 Å². The molecule has 108 valence electrons. The van der Waals surface area contributed by atoms with Crippen molar-refractivity contribution in [3.05, 3.63) is 0 Å². The summed E-state index contributed by atoms with van der Waals surface area (Å²) in [6, 6.07) is 0.551. The Morgan fingerprint density at radius 3 is 2.17 bits per heavy atom. The Morgan fingerprint density at radius 2 is 1.72 bits per heavy atom. The Kier molecular flexibility index (Phi) is 7.25. The molecular weight excluding hydrogens is 222 g/mol. The van der Waals surface area contributed by atoms with Crippen LogP contribution in [0.15, 0.2) is 0 Å². The van der Waals surface area contributed by atoms with E-state index in [1.165, 1.54) is 32.1 Å². The van der Waals surface area contributed by atoms with Crippen molar-refractivity contribution in [3.63, 3.8) is 0 Å². The van der Waals surface area contributed by atoms with Crippen LogP contribution in [-0.4, -0.2) is 24.8 Å². The molecule has 2 heteroatoms. The number of rotatable bonds is 9. The van der Waals surface area contributed by atoms with Gasteiger partial charge in [-0.3, -0.25) is 0 Å². The third-order valence-corrected chi connectivity index (χ3v) is 4.68. The van der Waals surface area contributed by atoms with Crippen molar-refractivity contribution < 1.29 is 4.74 Å². The minimum Gasteiger partial charge on any atom is -0.374 e. The fourth-order valence-corrected chi connectivity index (χ4v) is 3.64. The summed E-state index contributed by atoms with van der Waals surface area (Å²) >= 11 is 0. The number of hydrogen-bond donors (Lipinski definition) is 1. The average molecular weight is 255 g/mol. The van der Waals surface area contributed by atoms with Gasteiger partial charge in [0.1, 0.15) is 0 Å². The van der Waals surface area contributed by atoms with Crippen LogP contribution in [0.1, 0.15) is 72.6 Å². The predicted octanol–water partition coefficient (Wildman–Crippen LogP) is 4.14. The highest BCUT2D eigenvalue weighted by Gasteiger charge is 2.41. The summed E-state index contributed by atoms with van der Waals surface area (Å²) in [6.45, 7) is 10.9. The molecule has 1 aliphatic carbocycles. The minimum atomic E-state index is 0.0545. The zero-order valence-corrected chi connectivity index (χ0v) is 12.9. The Bertz CT molecular complexity index is 207. The number of nitrogens with one attached hydrogen (secondary N) is 1. The molecule has 0 aromatic carbocycles. The summed E-state index contributed by atoms with van der Waals surface area (Å²) in [5, 5.41) is 3.81. The molecule has 1 rings (SSSR count). The van der Waals surface area contributed by atoms with Crippen molar-refractivity contribution in [2.24, 2.45) is 5.92 Å². The fraction of sp³-hybridized carbons (Fsp3) is 1.00. The summed E-state index contributed by atoms with van der Waals surface area (Å²) in [5.41, 5.74) is 0.0545. The third kappa shape index (κ3) is 3.71. The van der Waals surface area contributed by atoms with E-state index in [-0.39, 0.29) is 5.60 Å². The van der Waals surface area contributed by atoms with Crippen LogP contribution in [0.2, 0.25) is 0 Å². The molecule has 0 aromatic heterocycles. The van der Waals surface area contributed by atoms with Gasteiger partial charge >= 0.3 is 0 Å². The lowest BCUT2D eigenvalue weighted by atomic mass is 9.79. The van der Waals surface area contributed by atoms with Crippen molar-refractivity contribution >= 4 is 0 Å². The maximum atomic E-state index is 6.24. The molecule has 0 bridgehead atoms. The summed E-state index contributed by atoms with van der Waals surface area (Å²) in [5.74, 6) is 0.822. The van der Waals surface area contributed by atoms with Crippen molar-refractivity contribution in [1.29, 1.82) is 0 Å². The Labute approximate surface area is 114 Å². The topological polar surface area (TPSA) is 21.3 Å². The van der Waals surface area contributed by atoms with Crippen LogP contribution >= 0.6 is 0 Å². The van der Waals surface area contributed by atoms with Gasteiger partial charge in [-0.1, -0.05) is 33.6 Å². The molecule has 0 radical (unpaired) electrons. The first-order valence-electron chi connectivity index (χ1n) is 8.11. The molecule has 0 saturated heterocycles. The van der Waals surface area contributed by atoms with Crippen LogP contribution in [0.4, 0.5) is 0 Å². The van der Waals surface area contributed by atoms with Crippen molar-refractivity contribution in [1.82, 2.24) is 5.32 Å². The lowest BCUT2D eigenvalue weighted by molar-refractivity contribution is -0.0849. The largest absolute Gasteiger partial charge is 0.374 e. The van der Waals surface area contributed by atoms with E-state index in [1.807, 2.05) is 0 Å². The van der Waals surface area contributed by atoms with Crippen molar-refractivity contribution in [3.8, 4) is 0 Å². The number of ether oxygens (including phenoxy) is 1. The molecule has 1 unspecified atom stereocenters. The van der Waals surface area contributed by atoms with Crippen LogP contribution in [0, 0.1) is 5.92 Å². The smallest absolute Gasteiger partial charge is 0.0832 e. The van der Waals surface area contributed by atoms with E-state index < -0.39 is 0 Å². The average Bonchev–Trinajstić information content (AvgIpc) is 2.91. The van der Waals surface area contributed by atoms with Gasteiger partial charge in [-0.15, -0.1) is 0 Å². The van der Waals surface area contributed by atoms with Gasteiger partial charge in [0.15, 0.2) is 0 Å². The van der Waals surface area contributed by atoms with E-state index in [2.05, 4.69) is 33.0 Å². The quantitative estimate of drug-likeness (QED) is 0.668. The molecule has 18 heavy (non-hydrogen) atoms. The maximum Gasteiger partial charge on any atom is 0.0832 e. The first-order valence-corrected chi connectivity index (χ1v) is 8.11. The Hall–Kier alpha value is -0.0800. The van der Waals surface area contributed by atoms with Gasteiger partial charge < -0.3 is 10.1 Å². The highest BCUT2D eigenvalue weighted by atomic mass is 16.5. The van der Waals surface area contributed by atoms with Gasteiger partial charge in [-0.2, -0.15) is 0 Å². The van der Waals surface area contributed by atoms with Gasteiger partial charge in [0, 0.05) is 12.6 Å². The molecule has 0 heterocycles. The highest BCUT2D eigenvalue weighted by Crippen LogP contribution is 2.37. The summed E-state index contributed by atoms with van der Waals surface area (Å²) in [4.78, 5) is 0. The second-order valence-electron chi connectivity index (χ2n) is 5.68. The molecule has 1 fully saturated rings. The van der Waals surface area contributed by atoms with E-state index in [9.17, 15) is 0 Å². The zero-order chi connectivity index (χ0) is 13.4. The molecule has 1 saturated carbocycles. The molecule has 0 amide bonds. The Balaban J connectivity index is 2.81. The molecule has 2 nitrogen and oxygen atoms in total. The first kappa shape index (κ1) is 16.0. The van der Waals surface area contributed by atoms with Crippen LogP contribution in [0.3, 0.4) is 0 Å². The molecular formula is C16H33NO. The first-order chi connectivity index (χ1) is 8.74. The van der Waals surface area contributed by atoms with E-state index >= 15 is 0 Å². The highest BCUT2D eigenvalue weighted by molar-refractivity contribution is 4.97. The summed E-state index contributed by atoms with van der Waals surface area (Å²) in [6.07, 6.45) is 9.03. The molecule has 0 spiro atoms. The second kappa shape index (κ2) is 8.16. The van der Waals surface area contributed by atoms with Crippen LogP contribution in [-0.2, 0) is 4.74 Å². The van der Waals surface area contributed by atoms with E-state index in [4.69, 9.17) is 4.74 Å². The summed E-state index contributed by atoms with van der Waals surface area (Å²) in [7, 11) is 0. The third-order valence-electron chi connectivity index (χ3n) is 4.68. The predicted molar refractivity (Wildman–Crippen MR) is 79.0 cm³/mol. The van der Waals surface area contributed by atoms with Crippen LogP contribution in [0.5, 0.6) is 0 Å². The van der Waals surface area contributed by atoms with Gasteiger partial charge in [-0.25, -0.2) is 0 Å². The SMILES string of the molecule is CCCNC(C1CCCC1)C(CC)(CC)OCC. The van der Waals surface area contributed by atoms with Gasteiger partial charge in [-0.05, 0) is 51.5 Å². The molecule has 0 aromatic rings. The van der Waals surface area contributed by atoms with Crippen molar-refractivity contribution in [2.75, 3.05) is 13.2 Å². The van der Waals surface area contributed by atoms with Gasteiger partial charge in [0.2, 0.25) is 0 Å². The van der Waals surface area contributed by atoms with Gasteiger partial charge in [0.05, 0.1) is 5.60 Å². The molecule has 0 aliphatic heterocycles.